The zero-order valence-corrected chi connectivity index (χ0v) is 12.6. The van der Waals surface area contributed by atoms with Crippen LogP contribution in [-0.4, -0.2) is 24.8 Å². The Morgan fingerprint density at radius 3 is 2.74 bits per heavy atom. The SMILES string of the molecule is CCCOc1c(Br)cc(C(N)CC(=O)O)cc1OC. The first-order valence-corrected chi connectivity index (χ1v) is 6.76. The van der Waals surface area contributed by atoms with Gasteiger partial charge in [0.1, 0.15) is 0 Å². The normalized spacial score (nSPS) is 12.0. The molecule has 0 saturated carbocycles. The summed E-state index contributed by atoms with van der Waals surface area (Å²) in [5, 5.41) is 8.76. The van der Waals surface area contributed by atoms with E-state index in [9.17, 15) is 4.79 Å². The zero-order chi connectivity index (χ0) is 14.4. The van der Waals surface area contributed by atoms with Gasteiger partial charge >= 0.3 is 5.97 Å². The molecule has 1 rings (SSSR count). The maximum atomic E-state index is 10.7. The fraction of sp³-hybridized carbons (Fsp3) is 0.462. The van der Waals surface area contributed by atoms with Gasteiger partial charge in [-0.15, -0.1) is 0 Å². The minimum Gasteiger partial charge on any atom is -0.493 e. The first-order chi connectivity index (χ1) is 8.99. The molecule has 1 unspecified atom stereocenters. The van der Waals surface area contributed by atoms with Crippen molar-refractivity contribution >= 4 is 21.9 Å². The summed E-state index contributed by atoms with van der Waals surface area (Å²) in [5.41, 5.74) is 6.53. The van der Waals surface area contributed by atoms with Crippen LogP contribution in [0.2, 0.25) is 0 Å². The number of hydrogen-bond donors (Lipinski definition) is 2. The highest BCUT2D eigenvalue weighted by molar-refractivity contribution is 9.10. The van der Waals surface area contributed by atoms with Crippen LogP contribution in [-0.2, 0) is 4.79 Å². The van der Waals surface area contributed by atoms with Gasteiger partial charge in [-0.3, -0.25) is 4.79 Å². The maximum Gasteiger partial charge on any atom is 0.305 e. The van der Waals surface area contributed by atoms with Gasteiger partial charge in [-0.25, -0.2) is 0 Å². The van der Waals surface area contributed by atoms with Crippen LogP contribution in [0.4, 0.5) is 0 Å². The van der Waals surface area contributed by atoms with E-state index in [0.29, 0.717) is 28.1 Å². The summed E-state index contributed by atoms with van der Waals surface area (Å²) in [7, 11) is 1.53. The Hall–Kier alpha value is -1.27. The van der Waals surface area contributed by atoms with E-state index in [0.717, 1.165) is 6.42 Å². The highest BCUT2D eigenvalue weighted by atomic mass is 79.9. The Labute approximate surface area is 120 Å². The van der Waals surface area contributed by atoms with Crippen LogP contribution in [0.5, 0.6) is 11.5 Å². The standard InChI is InChI=1S/C13H18BrNO4/c1-3-4-19-13-9(14)5-8(6-11(13)18-2)10(15)7-12(16)17/h5-6,10H,3-4,7,15H2,1-2H3,(H,16,17). The van der Waals surface area contributed by atoms with Gasteiger partial charge in [0.2, 0.25) is 0 Å². The van der Waals surface area contributed by atoms with E-state index in [1.165, 1.54) is 7.11 Å². The van der Waals surface area contributed by atoms with Crippen molar-refractivity contribution in [3.8, 4) is 11.5 Å². The molecule has 0 heterocycles. The van der Waals surface area contributed by atoms with Crippen LogP contribution in [0.25, 0.3) is 0 Å². The molecule has 3 N–H and O–H groups in total. The van der Waals surface area contributed by atoms with E-state index in [1.54, 1.807) is 12.1 Å². The number of nitrogens with two attached hydrogens (primary N) is 1. The maximum absolute atomic E-state index is 10.7. The number of halogens is 1. The number of benzene rings is 1. The van der Waals surface area contributed by atoms with Crippen LogP contribution in [0, 0.1) is 0 Å². The Morgan fingerprint density at radius 2 is 2.21 bits per heavy atom. The molecule has 5 nitrogen and oxygen atoms in total. The second-order valence-electron chi connectivity index (χ2n) is 4.09. The van der Waals surface area contributed by atoms with Crippen LogP contribution in [0.3, 0.4) is 0 Å². The van der Waals surface area contributed by atoms with Gasteiger partial charge < -0.3 is 20.3 Å². The molecule has 0 radical (unpaired) electrons. The lowest BCUT2D eigenvalue weighted by atomic mass is 10.0. The molecule has 0 amide bonds. The molecule has 106 valence electrons. The predicted molar refractivity (Wildman–Crippen MR) is 75.7 cm³/mol. The molecule has 0 aliphatic carbocycles. The lowest BCUT2D eigenvalue weighted by Gasteiger charge is -2.16. The number of carboxylic acids is 1. The smallest absolute Gasteiger partial charge is 0.305 e. The van der Waals surface area contributed by atoms with Gasteiger partial charge in [-0.2, -0.15) is 0 Å². The van der Waals surface area contributed by atoms with Crippen LogP contribution >= 0.6 is 15.9 Å². The third-order valence-corrected chi connectivity index (χ3v) is 3.11. The molecule has 0 saturated heterocycles. The van der Waals surface area contributed by atoms with Gasteiger partial charge in [0.15, 0.2) is 11.5 Å². The van der Waals surface area contributed by atoms with E-state index in [4.69, 9.17) is 20.3 Å². The van der Waals surface area contributed by atoms with E-state index >= 15 is 0 Å². The summed E-state index contributed by atoms with van der Waals surface area (Å²) in [5.74, 6) is 0.211. The van der Waals surface area contributed by atoms with Crippen molar-refractivity contribution in [3.05, 3.63) is 22.2 Å². The summed E-state index contributed by atoms with van der Waals surface area (Å²) in [4.78, 5) is 10.7. The van der Waals surface area contributed by atoms with Crippen molar-refractivity contribution in [3.63, 3.8) is 0 Å². The second-order valence-corrected chi connectivity index (χ2v) is 4.94. The fourth-order valence-electron chi connectivity index (χ4n) is 1.60. The largest absolute Gasteiger partial charge is 0.493 e. The highest BCUT2D eigenvalue weighted by Crippen LogP contribution is 2.38. The molecule has 19 heavy (non-hydrogen) atoms. The molecule has 6 heteroatoms. The predicted octanol–water partition coefficient (Wildman–Crippen LogP) is 2.72. The first kappa shape index (κ1) is 15.8. The van der Waals surface area contributed by atoms with Crippen LogP contribution in [0.15, 0.2) is 16.6 Å². The molecular weight excluding hydrogens is 314 g/mol. The number of carbonyl (C=O) groups is 1. The minimum absolute atomic E-state index is 0.134. The van der Waals surface area contributed by atoms with Gasteiger partial charge in [0, 0.05) is 6.04 Å². The molecule has 0 bridgehead atoms. The monoisotopic (exact) mass is 331 g/mol. The number of methoxy groups -OCH3 is 1. The second kappa shape index (κ2) is 7.35. The van der Waals surface area contributed by atoms with Crippen molar-refractivity contribution in [2.24, 2.45) is 5.73 Å². The molecule has 1 atom stereocenters. The molecule has 0 spiro atoms. The molecule has 1 aromatic rings. The van der Waals surface area contributed by atoms with Crippen molar-refractivity contribution in [2.75, 3.05) is 13.7 Å². The topological polar surface area (TPSA) is 81.8 Å². The fourth-order valence-corrected chi connectivity index (χ4v) is 2.18. The number of carboxylic acid groups (broad SMARTS) is 1. The van der Waals surface area contributed by atoms with E-state index in [2.05, 4.69) is 15.9 Å². The average molecular weight is 332 g/mol. The quantitative estimate of drug-likeness (QED) is 0.802. The molecule has 0 aliphatic heterocycles. The Morgan fingerprint density at radius 1 is 1.53 bits per heavy atom. The van der Waals surface area contributed by atoms with Gasteiger partial charge in [-0.1, -0.05) is 6.92 Å². The van der Waals surface area contributed by atoms with Crippen molar-refractivity contribution < 1.29 is 19.4 Å². The molecule has 0 aromatic heterocycles. The summed E-state index contributed by atoms with van der Waals surface area (Å²) >= 11 is 3.40. The Kier molecular flexibility index (Phi) is 6.11. The summed E-state index contributed by atoms with van der Waals surface area (Å²) in [6, 6.07) is 2.90. The van der Waals surface area contributed by atoms with Crippen LogP contribution < -0.4 is 15.2 Å². The summed E-state index contributed by atoms with van der Waals surface area (Å²) in [6.07, 6.45) is 0.751. The van der Waals surface area contributed by atoms with E-state index < -0.39 is 12.0 Å². The lowest BCUT2D eigenvalue weighted by Crippen LogP contribution is -2.15. The van der Waals surface area contributed by atoms with Gasteiger partial charge in [0.05, 0.1) is 24.6 Å². The van der Waals surface area contributed by atoms with Gasteiger partial charge in [0.25, 0.3) is 0 Å². The van der Waals surface area contributed by atoms with Crippen molar-refractivity contribution in [2.45, 2.75) is 25.8 Å². The third-order valence-electron chi connectivity index (χ3n) is 2.52. The average Bonchev–Trinajstić information content (AvgIpc) is 2.35. The Balaban J connectivity index is 3.04. The third kappa shape index (κ3) is 4.40. The molecule has 0 aliphatic rings. The summed E-state index contributed by atoms with van der Waals surface area (Å²) < 4.78 is 11.6. The molecule has 1 aromatic carbocycles. The first-order valence-electron chi connectivity index (χ1n) is 5.97. The van der Waals surface area contributed by atoms with E-state index in [-0.39, 0.29) is 6.42 Å². The lowest BCUT2D eigenvalue weighted by molar-refractivity contribution is -0.137. The number of hydrogen-bond acceptors (Lipinski definition) is 4. The van der Waals surface area contributed by atoms with Crippen molar-refractivity contribution in [1.29, 1.82) is 0 Å². The van der Waals surface area contributed by atoms with Crippen LogP contribution in [0.1, 0.15) is 31.4 Å². The molecule has 0 fully saturated rings. The number of ether oxygens (including phenoxy) is 2. The minimum atomic E-state index is -0.936. The molecular formula is C13H18BrNO4. The van der Waals surface area contributed by atoms with E-state index in [1.807, 2.05) is 6.92 Å². The van der Waals surface area contributed by atoms with Crippen molar-refractivity contribution in [1.82, 2.24) is 0 Å². The van der Waals surface area contributed by atoms with Gasteiger partial charge in [-0.05, 0) is 40.0 Å². The zero-order valence-electron chi connectivity index (χ0n) is 11.0. The highest BCUT2D eigenvalue weighted by Gasteiger charge is 2.17. The summed E-state index contributed by atoms with van der Waals surface area (Å²) in [6.45, 7) is 2.59. The number of aliphatic carboxylic acids is 1. The number of rotatable bonds is 7. The Bertz CT molecular complexity index is 451.